The van der Waals surface area contributed by atoms with Gasteiger partial charge in [-0.25, -0.2) is 4.79 Å². The van der Waals surface area contributed by atoms with Crippen molar-refractivity contribution in [3.8, 4) is 0 Å². The van der Waals surface area contributed by atoms with Gasteiger partial charge in [-0.1, -0.05) is 82.1 Å². The zero-order chi connectivity index (χ0) is 29.2. The number of hydrogen-bond donors (Lipinski definition) is 2. The van der Waals surface area contributed by atoms with Gasteiger partial charge in [0.2, 0.25) is 11.8 Å². The van der Waals surface area contributed by atoms with Crippen molar-refractivity contribution in [2.75, 3.05) is 6.54 Å². The number of aryl methyl sites for hydroxylation is 2. The maximum absolute atomic E-state index is 14.3. The van der Waals surface area contributed by atoms with Crippen LogP contribution in [0, 0.1) is 19.8 Å². The number of nitrogens with one attached hydrogen (secondary N) is 2. The van der Waals surface area contributed by atoms with E-state index in [1.165, 1.54) is 0 Å². The molecule has 39 heavy (non-hydrogen) atoms. The van der Waals surface area contributed by atoms with Gasteiger partial charge in [0.1, 0.15) is 17.7 Å². The van der Waals surface area contributed by atoms with Crippen molar-refractivity contribution in [2.45, 2.75) is 98.9 Å². The molecule has 3 atom stereocenters. The van der Waals surface area contributed by atoms with Crippen molar-refractivity contribution in [3.63, 3.8) is 0 Å². The number of nitrogens with zero attached hydrogens (tertiary/aromatic N) is 1. The minimum absolute atomic E-state index is 0.165. The number of carbonyl (C=O) groups is 3. The lowest BCUT2D eigenvalue weighted by molar-refractivity contribution is -0.143. The fourth-order valence-corrected chi connectivity index (χ4v) is 4.28. The van der Waals surface area contributed by atoms with Gasteiger partial charge in [0, 0.05) is 13.1 Å². The van der Waals surface area contributed by atoms with E-state index in [1.54, 1.807) is 25.7 Å². The summed E-state index contributed by atoms with van der Waals surface area (Å²) in [5.41, 5.74) is 3.17. The van der Waals surface area contributed by atoms with Crippen molar-refractivity contribution in [3.05, 3.63) is 70.8 Å². The number of unbranched alkanes of at least 4 members (excludes halogenated alkanes) is 1. The van der Waals surface area contributed by atoms with E-state index in [2.05, 4.69) is 10.6 Å². The van der Waals surface area contributed by atoms with E-state index in [0.717, 1.165) is 35.1 Å². The molecular weight excluding hydrogens is 490 g/mol. The molecule has 0 aliphatic rings. The highest BCUT2D eigenvalue weighted by Gasteiger charge is 2.38. The van der Waals surface area contributed by atoms with E-state index in [4.69, 9.17) is 4.74 Å². The largest absolute Gasteiger partial charge is 0.444 e. The summed E-state index contributed by atoms with van der Waals surface area (Å²) in [5, 5.41) is 5.87. The lowest BCUT2D eigenvalue weighted by Crippen LogP contribution is -2.55. The predicted molar refractivity (Wildman–Crippen MR) is 156 cm³/mol. The Balaban J connectivity index is 2.51. The molecule has 7 heteroatoms. The van der Waals surface area contributed by atoms with Crippen LogP contribution in [0.25, 0.3) is 0 Å². The molecule has 0 heterocycles. The fourth-order valence-electron chi connectivity index (χ4n) is 4.28. The van der Waals surface area contributed by atoms with Crippen molar-refractivity contribution in [2.24, 2.45) is 5.92 Å². The first kappa shape index (κ1) is 31.9. The SMILES string of the molecule is CCCCN(C(=O)C(NC(=O)OC(C)(C)C)C(C)CC)C(C(=O)NCc1ccccc1)c1ccc(C)c(C)c1. The highest BCUT2D eigenvalue weighted by molar-refractivity contribution is 5.92. The summed E-state index contributed by atoms with van der Waals surface area (Å²) in [4.78, 5) is 42.6. The number of carbonyl (C=O) groups excluding carboxylic acids is 3. The van der Waals surface area contributed by atoms with Gasteiger partial charge in [0.15, 0.2) is 0 Å². The average molecular weight is 538 g/mol. The van der Waals surface area contributed by atoms with Gasteiger partial charge in [-0.2, -0.15) is 0 Å². The highest BCUT2D eigenvalue weighted by atomic mass is 16.6. The zero-order valence-electron chi connectivity index (χ0n) is 25.0. The molecule has 0 spiro atoms. The Morgan fingerprint density at radius 3 is 2.21 bits per heavy atom. The maximum Gasteiger partial charge on any atom is 0.408 e. The Morgan fingerprint density at radius 2 is 1.64 bits per heavy atom. The Labute approximate surface area is 234 Å². The molecule has 2 aromatic rings. The van der Waals surface area contributed by atoms with E-state index in [-0.39, 0.29) is 17.7 Å². The number of alkyl carbamates (subject to hydrolysis) is 1. The molecule has 3 unspecified atom stereocenters. The molecule has 0 aliphatic heterocycles. The van der Waals surface area contributed by atoms with Crippen molar-refractivity contribution in [1.29, 1.82) is 0 Å². The molecule has 0 aromatic heterocycles. The number of hydrogen-bond acceptors (Lipinski definition) is 4. The van der Waals surface area contributed by atoms with Crippen LogP contribution < -0.4 is 10.6 Å². The van der Waals surface area contributed by atoms with E-state index in [1.807, 2.05) is 83.1 Å². The van der Waals surface area contributed by atoms with Crippen LogP contribution >= 0.6 is 0 Å². The fraction of sp³-hybridized carbons (Fsp3) is 0.531. The summed E-state index contributed by atoms with van der Waals surface area (Å²) in [6, 6.07) is 13.9. The van der Waals surface area contributed by atoms with Crippen LogP contribution in [0.2, 0.25) is 0 Å². The highest BCUT2D eigenvalue weighted by Crippen LogP contribution is 2.27. The number of amides is 3. The van der Waals surface area contributed by atoms with Gasteiger partial charge >= 0.3 is 6.09 Å². The molecule has 2 N–H and O–H groups in total. The second kappa shape index (κ2) is 14.7. The summed E-state index contributed by atoms with van der Waals surface area (Å²) >= 11 is 0. The molecule has 0 saturated carbocycles. The van der Waals surface area contributed by atoms with Gasteiger partial charge in [0.05, 0.1) is 0 Å². The van der Waals surface area contributed by atoms with Gasteiger partial charge in [-0.15, -0.1) is 0 Å². The zero-order valence-corrected chi connectivity index (χ0v) is 25.0. The summed E-state index contributed by atoms with van der Waals surface area (Å²) in [6.45, 7) is 16.1. The van der Waals surface area contributed by atoms with Crippen LogP contribution in [0.15, 0.2) is 48.5 Å². The minimum atomic E-state index is -0.848. The first-order chi connectivity index (χ1) is 18.4. The molecule has 7 nitrogen and oxygen atoms in total. The van der Waals surface area contributed by atoms with E-state index in [9.17, 15) is 14.4 Å². The van der Waals surface area contributed by atoms with Gasteiger partial charge in [-0.05, 0) is 69.2 Å². The van der Waals surface area contributed by atoms with E-state index < -0.39 is 23.8 Å². The van der Waals surface area contributed by atoms with Crippen LogP contribution in [0.3, 0.4) is 0 Å². The Morgan fingerprint density at radius 1 is 0.974 bits per heavy atom. The molecule has 0 bridgehead atoms. The number of benzene rings is 2. The molecule has 0 aliphatic carbocycles. The monoisotopic (exact) mass is 537 g/mol. The average Bonchev–Trinajstić information content (AvgIpc) is 2.88. The smallest absolute Gasteiger partial charge is 0.408 e. The van der Waals surface area contributed by atoms with Crippen LogP contribution in [0.1, 0.15) is 89.1 Å². The Bertz CT molecular complexity index is 1090. The van der Waals surface area contributed by atoms with Gasteiger partial charge in [-0.3, -0.25) is 9.59 Å². The third-order valence-electron chi connectivity index (χ3n) is 6.90. The topological polar surface area (TPSA) is 87.7 Å². The minimum Gasteiger partial charge on any atom is -0.444 e. The van der Waals surface area contributed by atoms with Crippen LogP contribution in [0.5, 0.6) is 0 Å². The lowest BCUT2D eigenvalue weighted by atomic mass is 9.94. The Kier molecular flexibility index (Phi) is 12.0. The Hall–Kier alpha value is -3.35. The number of ether oxygens (including phenoxy) is 1. The van der Waals surface area contributed by atoms with Crippen LogP contribution in [0.4, 0.5) is 4.79 Å². The summed E-state index contributed by atoms with van der Waals surface area (Å²) < 4.78 is 5.48. The van der Waals surface area contributed by atoms with Gasteiger partial charge < -0.3 is 20.3 Å². The van der Waals surface area contributed by atoms with E-state index in [0.29, 0.717) is 19.5 Å². The molecule has 214 valence electrons. The van der Waals surface area contributed by atoms with Crippen LogP contribution in [-0.2, 0) is 20.9 Å². The third-order valence-corrected chi connectivity index (χ3v) is 6.90. The first-order valence-corrected chi connectivity index (χ1v) is 14.1. The van der Waals surface area contributed by atoms with Crippen molar-refractivity contribution >= 4 is 17.9 Å². The molecule has 0 saturated heterocycles. The first-order valence-electron chi connectivity index (χ1n) is 14.1. The maximum atomic E-state index is 14.3. The lowest BCUT2D eigenvalue weighted by Gasteiger charge is -2.36. The molecular formula is C32H47N3O4. The van der Waals surface area contributed by atoms with Crippen LogP contribution in [-0.4, -0.2) is 41.0 Å². The second-order valence-electron chi connectivity index (χ2n) is 11.3. The quantitative estimate of drug-likeness (QED) is 0.336. The molecule has 2 aromatic carbocycles. The molecule has 0 fully saturated rings. The molecule has 0 radical (unpaired) electrons. The predicted octanol–water partition coefficient (Wildman–Crippen LogP) is 6.23. The third kappa shape index (κ3) is 9.72. The van der Waals surface area contributed by atoms with Crippen molar-refractivity contribution < 1.29 is 19.1 Å². The van der Waals surface area contributed by atoms with E-state index >= 15 is 0 Å². The van der Waals surface area contributed by atoms with Gasteiger partial charge in [0.25, 0.3) is 0 Å². The normalized spacial score (nSPS) is 13.6. The summed E-state index contributed by atoms with van der Waals surface area (Å²) in [7, 11) is 0. The van der Waals surface area contributed by atoms with Crippen molar-refractivity contribution in [1.82, 2.24) is 15.5 Å². The second-order valence-corrected chi connectivity index (χ2v) is 11.3. The summed E-state index contributed by atoms with van der Waals surface area (Å²) in [6.07, 6.45) is 1.59. The molecule has 2 rings (SSSR count). The summed E-state index contributed by atoms with van der Waals surface area (Å²) in [5.74, 6) is -0.713. The molecule has 3 amide bonds. The number of rotatable bonds is 12. The standard InChI is InChI=1S/C32H47N3O4/c1-9-11-19-35(30(37)27(22(3)10-2)34-31(38)39-32(6,7)8)28(26-18-17-23(4)24(5)20-26)29(36)33-21-25-15-13-12-14-16-25/h12-18,20,22,27-28H,9-11,19,21H2,1-8H3,(H,33,36)(H,34,38).